The molecule has 0 bridgehead atoms. The number of aromatic nitrogens is 1. The summed E-state index contributed by atoms with van der Waals surface area (Å²) in [6.07, 6.45) is 1.73. The van der Waals surface area contributed by atoms with E-state index in [1.807, 2.05) is 49.4 Å². The Morgan fingerprint density at radius 2 is 1.92 bits per heavy atom. The van der Waals surface area contributed by atoms with Gasteiger partial charge < -0.3 is 9.47 Å². The smallest absolute Gasteiger partial charge is 0.162 e. The summed E-state index contributed by atoms with van der Waals surface area (Å²) in [7, 11) is 0. The van der Waals surface area contributed by atoms with Gasteiger partial charge in [-0.1, -0.05) is 11.6 Å². The molecule has 4 rings (SSSR count). The lowest BCUT2D eigenvalue weighted by molar-refractivity contribution is 0.171. The van der Waals surface area contributed by atoms with E-state index < -0.39 is 0 Å². The van der Waals surface area contributed by atoms with Crippen molar-refractivity contribution >= 4 is 33.9 Å². The molecule has 1 aliphatic rings. The van der Waals surface area contributed by atoms with Gasteiger partial charge in [0.1, 0.15) is 13.2 Å². The van der Waals surface area contributed by atoms with E-state index in [4.69, 9.17) is 21.1 Å². The van der Waals surface area contributed by atoms with Gasteiger partial charge in [0.2, 0.25) is 0 Å². The average Bonchev–Trinajstić information content (AvgIpc) is 2.65. The summed E-state index contributed by atoms with van der Waals surface area (Å²) >= 11 is 6.03. The second kappa shape index (κ2) is 6.61. The van der Waals surface area contributed by atoms with Crippen LogP contribution >= 0.6 is 11.6 Å². The van der Waals surface area contributed by atoms with Gasteiger partial charge in [0.05, 0.1) is 16.9 Å². The molecule has 3 aromatic rings. The molecule has 25 heavy (non-hydrogen) atoms. The van der Waals surface area contributed by atoms with Gasteiger partial charge in [0, 0.05) is 22.2 Å². The first-order chi connectivity index (χ1) is 12.2. The van der Waals surface area contributed by atoms with Gasteiger partial charge in [-0.2, -0.15) is 5.10 Å². The SMILES string of the molecule is C/C(=N\Nc1ccnc2cc(Cl)ccc12)c1ccc2c(c1)OCCO2. The van der Waals surface area contributed by atoms with Crippen LogP contribution < -0.4 is 14.9 Å². The standard InChI is InChI=1S/C19H16ClN3O2/c1-12(13-2-5-18-19(10-13)25-9-8-24-18)22-23-16-6-7-21-17-11-14(20)3-4-15(16)17/h2-7,10-11H,8-9H2,1H3,(H,21,23)/b22-12+. The number of pyridine rings is 1. The Kier molecular flexibility index (Phi) is 4.15. The molecule has 0 spiro atoms. The van der Waals surface area contributed by atoms with Crippen LogP contribution in [0.3, 0.4) is 0 Å². The van der Waals surface area contributed by atoms with Crippen LogP contribution in [0.5, 0.6) is 11.5 Å². The molecule has 0 unspecified atom stereocenters. The van der Waals surface area contributed by atoms with Gasteiger partial charge in [-0.25, -0.2) is 0 Å². The number of halogens is 1. The number of rotatable bonds is 3. The van der Waals surface area contributed by atoms with Crippen molar-refractivity contribution in [2.45, 2.75) is 6.92 Å². The number of benzene rings is 2. The van der Waals surface area contributed by atoms with E-state index in [2.05, 4.69) is 15.5 Å². The normalized spacial score (nSPS) is 13.8. The van der Waals surface area contributed by atoms with Crippen molar-refractivity contribution in [3.63, 3.8) is 0 Å². The molecule has 0 fully saturated rings. The van der Waals surface area contributed by atoms with Crippen LogP contribution in [-0.4, -0.2) is 23.9 Å². The molecule has 5 nitrogen and oxygen atoms in total. The molecular formula is C19H16ClN3O2. The summed E-state index contributed by atoms with van der Waals surface area (Å²) in [5.74, 6) is 1.52. The minimum absolute atomic E-state index is 0.566. The largest absolute Gasteiger partial charge is 0.486 e. The Hall–Kier alpha value is -2.79. The van der Waals surface area contributed by atoms with Crippen LogP contribution in [0.1, 0.15) is 12.5 Å². The Morgan fingerprint density at radius 3 is 2.80 bits per heavy atom. The molecule has 0 radical (unpaired) electrons. The Labute approximate surface area is 150 Å². The quantitative estimate of drug-likeness (QED) is 0.556. The predicted octanol–water partition coefficient (Wildman–Crippen LogP) is 4.50. The maximum Gasteiger partial charge on any atom is 0.162 e. The van der Waals surface area contributed by atoms with Crippen molar-refractivity contribution in [2.24, 2.45) is 5.10 Å². The average molecular weight is 354 g/mol. The van der Waals surface area contributed by atoms with Gasteiger partial charge >= 0.3 is 0 Å². The molecular weight excluding hydrogens is 338 g/mol. The van der Waals surface area contributed by atoms with Crippen LogP contribution in [0.15, 0.2) is 53.8 Å². The van der Waals surface area contributed by atoms with E-state index in [1.165, 1.54) is 0 Å². The number of fused-ring (bicyclic) bond motifs is 2. The molecule has 0 amide bonds. The summed E-state index contributed by atoms with van der Waals surface area (Å²) in [4.78, 5) is 4.33. The molecule has 0 atom stereocenters. The molecule has 126 valence electrons. The van der Waals surface area contributed by atoms with E-state index in [0.717, 1.165) is 39.4 Å². The highest BCUT2D eigenvalue weighted by Gasteiger charge is 2.12. The third kappa shape index (κ3) is 3.23. The molecule has 0 aliphatic carbocycles. The minimum atomic E-state index is 0.566. The monoisotopic (exact) mass is 353 g/mol. The van der Waals surface area contributed by atoms with Crippen molar-refractivity contribution < 1.29 is 9.47 Å². The molecule has 0 saturated heterocycles. The number of hydrogen-bond donors (Lipinski definition) is 1. The van der Waals surface area contributed by atoms with Gasteiger partial charge in [-0.15, -0.1) is 0 Å². The second-order valence-corrected chi connectivity index (χ2v) is 6.12. The zero-order valence-corrected chi connectivity index (χ0v) is 14.4. The topological polar surface area (TPSA) is 55.7 Å². The maximum atomic E-state index is 6.03. The summed E-state index contributed by atoms with van der Waals surface area (Å²) in [5, 5.41) is 6.12. The molecule has 2 aromatic carbocycles. The number of nitrogens with one attached hydrogen (secondary N) is 1. The number of nitrogens with zero attached hydrogens (tertiary/aromatic N) is 2. The van der Waals surface area contributed by atoms with Gasteiger partial charge in [0.15, 0.2) is 11.5 Å². The van der Waals surface area contributed by atoms with Gasteiger partial charge in [-0.3, -0.25) is 10.4 Å². The third-order valence-electron chi connectivity index (χ3n) is 4.01. The molecule has 0 saturated carbocycles. The number of hydrogen-bond acceptors (Lipinski definition) is 5. The fourth-order valence-corrected chi connectivity index (χ4v) is 2.86. The summed E-state index contributed by atoms with van der Waals surface area (Å²) < 4.78 is 11.2. The van der Waals surface area contributed by atoms with E-state index in [1.54, 1.807) is 6.20 Å². The summed E-state index contributed by atoms with van der Waals surface area (Å²) in [5.41, 5.74) is 6.63. The van der Waals surface area contributed by atoms with E-state index in [-0.39, 0.29) is 0 Å². The fraction of sp³-hybridized carbons (Fsp3) is 0.158. The lowest BCUT2D eigenvalue weighted by Crippen LogP contribution is -2.15. The van der Waals surface area contributed by atoms with Gasteiger partial charge in [0.25, 0.3) is 0 Å². The van der Waals surface area contributed by atoms with Crippen LogP contribution in [0, 0.1) is 0 Å². The zero-order chi connectivity index (χ0) is 17.2. The lowest BCUT2D eigenvalue weighted by Gasteiger charge is -2.18. The summed E-state index contributed by atoms with van der Waals surface area (Å²) in [6, 6.07) is 13.3. The van der Waals surface area contributed by atoms with E-state index in [0.29, 0.717) is 18.2 Å². The van der Waals surface area contributed by atoms with Crippen molar-refractivity contribution in [3.8, 4) is 11.5 Å². The number of ether oxygens (including phenoxy) is 2. The van der Waals surface area contributed by atoms with Crippen LogP contribution in [0.2, 0.25) is 5.02 Å². The highest BCUT2D eigenvalue weighted by atomic mass is 35.5. The first-order valence-corrected chi connectivity index (χ1v) is 8.33. The highest BCUT2D eigenvalue weighted by Crippen LogP contribution is 2.31. The van der Waals surface area contributed by atoms with E-state index >= 15 is 0 Å². The molecule has 6 heteroatoms. The third-order valence-corrected chi connectivity index (χ3v) is 4.24. The Balaban J connectivity index is 1.61. The van der Waals surface area contributed by atoms with Crippen LogP contribution in [0.25, 0.3) is 10.9 Å². The minimum Gasteiger partial charge on any atom is -0.486 e. The Morgan fingerprint density at radius 1 is 1.08 bits per heavy atom. The first kappa shape index (κ1) is 15.7. The number of hydrazone groups is 1. The fourth-order valence-electron chi connectivity index (χ4n) is 2.70. The molecule has 2 heterocycles. The summed E-state index contributed by atoms with van der Waals surface area (Å²) in [6.45, 7) is 3.09. The Bertz CT molecular complexity index is 972. The van der Waals surface area contributed by atoms with Crippen molar-refractivity contribution in [2.75, 3.05) is 18.6 Å². The molecule has 1 N–H and O–H groups in total. The zero-order valence-electron chi connectivity index (χ0n) is 13.6. The molecule has 1 aliphatic heterocycles. The van der Waals surface area contributed by atoms with Crippen molar-refractivity contribution in [3.05, 3.63) is 59.2 Å². The first-order valence-electron chi connectivity index (χ1n) is 7.95. The van der Waals surface area contributed by atoms with E-state index in [9.17, 15) is 0 Å². The van der Waals surface area contributed by atoms with Gasteiger partial charge in [-0.05, 0) is 49.4 Å². The highest BCUT2D eigenvalue weighted by molar-refractivity contribution is 6.31. The van der Waals surface area contributed by atoms with Crippen molar-refractivity contribution in [1.82, 2.24) is 4.98 Å². The lowest BCUT2D eigenvalue weighted by atomic mass is 10.1. The number of anilines is 1. The van der Waals surface area contributed by atoms with Crippen LogP contribution in [0.4, 0.5) is 5.69 Å². The second-order valence-electron chi connectivity index (χ2n) is 5.69. The maximum absolute atomic E-state index is 6.03. The van der Waals surface area contributed by atoms with Crippen LogP contribution in [-0.2, 0) is 0 Å². The molecule has 1 aromatic heterocycles. The predicted molar refractivity (Wildman–Crippen MR) is 100 cm³/mol. The van der Waals surface area contributed by atoms with Crippen molar-refractivity contribution in [1.29, 1.82) is 0 Å².